The van der Waals surface area contributed by atoms with Crippen LogP contribution in [0.3, 0.4) is 0 Å². The molecule has 0 spiro atoms. The number of para-hydroxylation sites is 2. The van der Waals surface area contributed by atoms with Crippen molar-refractivity contribution in [1.29, 1.82) is 0 Å². The summed E-state index contributed by atoms with van der Waals surface area (Å²) in [6.07, 6.45) is 1.17. The number of hydrogen-bond donors (Lipinski definition) is 2. The van der Waals surface area contributed by atoms with Crippen molar-refractivity contribution in [3.8, 4) is 11.5 Å². The molecule has 3 rings (SSSR count). The lowest BCUT2D eigenvalue weighted by atomic mass is 10.2. The Kier molecular flexibility index (Phi) is 8.20. The zero-order valence-electron chi connectivity index (χ0n) is 17.9. The van der Waals surface area contributed by atoms with Crippen LogP contribution in [0.2, 0.25) is 0 Å². The van der Waals surface area contributed by atoms with Gasteiger partial charge < -0.3 is 15.4 Å². The monoisotopic (exact) mass is 435 g/mol. The molecular formula is C25H26FN3O3. The van der Waals surface area contributed by atoms with Gasteiger partial charge in [-0.05, 0) is 55.0 Å². The first-order chi connectivity index (χ1) is 15.6. The van der Waals surface area contributed by atoms with Gasteiger partial charge in [-0.1, -0.05) is 37.3 Å². The predicted octanol–water partition coefficient (Wildman–Crippen LogP) is 5.57. The average Bonchev–Trinajstić information content (AvgIpc) is 2.80. The lowest BCUT2D eigenvalue weighted by molar-refractivity contribution is -0.121. The van der Waals surface area contributed by atoms with Crippen molar-refractivity contribution < 1.29 is 18.7 Å². The number of nitrogens with one attached hydrogen (secondary N) is 2. The largest absolute Gasteiger partial charge is 0.457 e. The number of hydrogen-bond acceptors (Lipinski definition) is 3. The molecule has 3 aromatic carbocycles. The maximum absolute atomic E-state index is 14.0. The Bertz CT molecular complexity index is 1030. The summed E-state index contributed by atoms with van der Waals surface area (Å²) in [6.45, 7) is 2.41. The Labute approximate surface area is 187 Å². The SMILES string of the molecule is CCCC(=O)NCCN(C(=O)Nc1ccccc1F)c1ccc(Oc2ccccc2)cc1. The summed E-state index contributed by atoms with van der Waals surface area (Å²) < 4.78 is 19.8. The number of urea groups is 1. The van der Waals surface area contributed by atoms with Crippen molar-refractivity contribution >= 4 is 23.3 Å². The van der Waals surface area contributed by atoms with Crippen LogP contribution in [0.15, 0.2) is 78.9 Å². The number of anilines is 2. The second kappa shape index (κ2) is 11.5. The highest BCUT2D eigenvalue weighted by molar-refractivity contribution is 6.01. The summed E-state index contributed by atoms with van der Waals surface area (Å²) in [6, 6.07) is 21.8. The van der Waals surface area contributed by atoms with Crippen LogP contribution in [-0.2, 0) is 4.79 Å². The summed E-state index contributed by atoms with van der Waals surface area (Å²) in [5, 5.41) is 5.39. The molecule has 0 aliphatic heterocycles. The van der Waals surface area contributed by atoms with E-state index < -0.39 is 11.8 Å². The van der Waals surface area contributed by atoms with Crippen molar-refractivity contribution in [2.75, 3.05) is 23.3 Å². The summed E-state index contributed by atoms with van der Waals surface area (Å²) >= 11 is 0. The van der Waals surface area contributed by atoms with Crippen LogP contribution in [0.4, 0.5) is 20.6 Å². The second-order valence-corrected chi connectivity index (χ2v) is 7.07. The molecule has 7 heteroatoms. The molecule has 0 aliphatic carbocycles. The third-order valence-electron chi connectivity index (χ3n) is 4.62. The lowest BCUT2D eigenvalue weighted by Gasteiger charge is -2.24. The highest BCUT2D eigenvalue weighted by Crippen LogP contribution is 2.25. The van der Waals surface area contributed by atoms with Gasteiger partial charge in [0.1, 0.15) is 17.3 Å². The van der Waals surface area contributed by atoms with Gasteiger partial charge in [0.15, 0.2) is 0 Å². The van der Waals surface area contributed by atoms with Crippen molar-refractivity contribution in [3.05, 3.63) is 84.7 Å². The highest BCUT2D eigenvalue weighted by Gasteiger charge is 2.17. The molecule has 0 saturated heterocycles. The standard InChI is InChI=1S/C25H26FN3O3/c1-2-8-24(30)27-17-18-29(25(31)28-23-12-7-6-11-22(23)26)19-13-15-21(16-14-19)32-20-9-4-3-5-10-20/h3-7,9-16H,2,8,17-18H2,1H3,(H,27,30)(H,28,31). The molecule has 0 bridgehead atoms. The summed E-state index contributed by atoms with van der Waals surface area (Å²) in [4.78, 5) is 26.2. The van der Waals surface area contributed by atoms with Crippen LogP contribution in [0.5, 0.6) is 11.5 Å². The Balaban J connectivity index is 1.73. The Morgan fingerprint density at radius 3 is 2.25 bits per heavy atom. The Morgan fingerprint density at radius 1 is 0.906 bits per heavy atom. The van der Waals surface area contributed by atoms with E-state index >= 15 is 0 Å². The molecule has 3 amide bonds. The number of carbonyl (C=O) groups is 2. The number of halogens is 1. The van der Waals surface area contributed by atoms with Gasteiger partial charge in [0.2, 0.25) is 5.91 Å². The molecule has 3 aromatic rings. The molecule has 166 valence electrons. The lowest BCUT2D eigenvalue weighted by Crippen LogP contribution is -2.41. The first-order valence-electron chi connectivity index (χ1n) is 10.5. The molecule has 0 atom stereocenters. The van der Waals surface area contributed by atoms with Crippen molar-refractivity contribution in [3.63, 3.8) is 0 Å². The van der Waals surface area contributed by atoms with Gasteiger partial charge in [-0.15, -0.1) is 0 Å². The van der Waals surface area contributed by atoms with Crippen molar-refractivity contribution in [2.24, 2.45) is 0 Å². The van der Waals surface area contributed by atoms with Crippen LogP contribution < -0.4 is 20.3 Å². The zero-order chi connectivity index (χ0) is 22.8. The Morgan fingerprint density at radius 2 is 1.56 bits per heavy atom. The molecule has 0 radical (unpaired) electrons. The minimum absolute atomic E-state index is 0.0754. The van der Waals surface area contributed by atoms with E-state index in [1.165, 1.54) is 17.0 Å². The quantitative estimate of drug-likeness (QED) is 0.461. The van der Waals surface area contributed by atoms with E-state index in [1.54, 1.807) is 36.4 Å². The molecule has 0 heterocycles. The normalized spacial score (nSPS) is 10.3. The van der Waals surface area contributed by atoms with E-state index in [1.807, 2.05) is 37.3 Å². The van der Waals surface area contributed by atoms with E-state index in [0.717, 1.165) is 6.42 Å². The topological polar surface area (TPSA) is 70.7 Å². The molecule has 0 saturated carbocycles. The maximum atomic E-state index is 14.0. The molecule has 6 nitrogen and oxygen atoms in total. The fourth-order valence-electron chi connectivity index (χ4n) is 3.03. The molecule has 0 aliphatic rings. The molecule has 2 N–H and O–H groups in total. The van der Waals surface area contributed by atoms with Crippen LogP contribution in [-0.4, -0.2) is 25.0 Å². The van der Waals surface area contributed by atoms with Gasteiger partial charge in [0.25, 0.3) is 0 Å². The van der Waals surface area contributed by atoms with E-state index in [0.29, 0.717) is 23.6 Å². The Hall–Kier alpha value is -3.87. The average molecular weight is 435 g/mol. The number of benzene rings is 3. The number of ether oxygens (including phenoxy) is 1. The van der Waals surface area contributed by atoms with E-state index in [9.17, 15) is 14.0 Å². The second-order valence-electron chi connectivity index (χ2n) is 7.07. The minimum Gasteiger partial charge on any atom is -0.457 e. The van der Waals surface area contributed by atoms with E-state index in [-0.39, 0.29) is 24.7 Å². The fraction of sp³-hybridized carbons (Fsp3) is 0.200. The van der Waals surface area contributed by atoms with Gasteiger partial charge in [0.05, 0.1) is 5.69 Å². The number of nitrogens with zero attached hydrogens (tertiary/aromatic N) is 1. The first kappa shape index (κ1) is 22.8. The van der Waals surface area contributed by atoms with Gasteiger partial charge in [-0.2, -0.15) is 0 Å². The first-order valence-corrected chi connectivity index (χ1v) is 10.5. The number of rotatable bonds is 9. The van der Waals surface area contributed by atoms with E-state index in [4.69, 9.17) is 4.74 Å². The zero-order valence-corrected chi connectivity index (χ0v) is 17.9. The van der Waals surface area contributed by atoms with Crippen LogP contribution >= 0.6 is 0 Å². The van der Waals surface area contributed by atoms with Crippen LogP contribution in [0, 0.1) is 5.82 Å². The molecule has 0 aromatic heterocycles. The predicted molar refractivity (Wildman–Crippen MR) is 124 cm³/mol. The summed E-state index contributed by atoms with van der Waals surface area (Å²) in [5.41, 5.74) is 0.672. The fourth-order valence-corrected chi connectivity index (χ4v) is 3.03. The molecule has 0 fully saturated rings. The summed E-state index contributed by atoms with van der Waals surface area (Å²) in [5.74, 6) is 0.718. The number of carbonyl (C=O) groups excluding carboxylic acids is 2. The van der Waals surface area contributed by atoms with Gasteiger partial charge in [0, 0.05) is 25.2 Å². The smallest absolute Gasteiger partial charge is 0.326 e. The van der Waals surface area contributed by atoms with Gasteiger partial charge in [-0.3, -0.25) is 9.69 Å². The third kappa shape index (κ3) is 6.57. The molecule has 0 unspecified atom stereocenters. The highest BCUT2D eigenvalue weighted by atomic mass is 19.1. The van der Waals surface area contributed by atoms with Crippen molar-refractivity contribution in [1.82, 2.24) is 5.32 Å². The van der Waals surface area contributed by atoms with Crippen LogP contribution in [0.1, 0.15) is 19.8 Å². The van der Waals surface area contributed by atoms with Gasteiger partial charge >= 0.3 is 6.03 Å². The minimum atomic E-state index is -0.524. The molecular weight excluding hydrogens is 409 g/mol. The van der Waals surface area contributed by atoms with E-state index in [2.05, 4.69) is 10.6 Å². The van der Waals surface area contributed by atoms with Crippen LogP contribution in [0.25, 0.3) is 0 Å². The van der Waals surface area contributed by atoms with Gasteiger partial charge in [-0.25, -0.2) is 9.18 Å². The van der Waals surface area contributed by atoms with Crippen molar-refractivity contribution in [2.45, 2.75) is 19.8 Å². The third-order valence-corrected chi connectivity index (χ3v) is 4.62. The molecule has 32 heavy (non-hydrogen) atoms. The summed E-state index contributed by atoms with van der Waals surface area (Å²) in [7, 11) is 0. The number of amides is 3. The maximum Gasteiger partial charge on any atom is 0.326 e.